The summed E-state index contributed by atoms with van der Waals surface area (Å²) in [5.74, 6) is -0.0101. The van der Waals surface area contributed by atoms with E-state index in [0.29, 0.717) is 17.8 Å². The zero-order chi connectivity index (χ0) is 20.3. The normalized spacial score (nSPS) is 12.4. The molecule has 0 radical (unpaired) electrons. The Bertz CT molecular complexity index is 1110. The molecular formula is C22H23N3O2S. The molecule has 0 aliphatic rings. The minimum absolute atomic E-state index is 0.00901. The van der Waals surface area contributed by atoms with Gasteiger partial charge in [-0.05, 0) is 32.9 Å². The van der Waals surface area contributed by atoms with Crippen molar-refractivity contribution in [3.8, 4) is 22.8 Å². The summed E-state index contributed by atoms with van der Waals surface area (Å²) in [5, 5.41) is 26.5. The van der Waals surface area contributed by atoms with Gasteiger partial charge in [-0.15, -0.1) is 11.3 Å². The van der Waals surface area contributed by atoms with E-state index in [0.717, 1.165) is 21.6 Å². The number of hydrogen-bond donors (Lipinski definition) is 2. The van der Waals surface area contributed by atoms with Gasteiger partial charge in [-0.1, -0.05) is 42.0 Å². The van der Waals surface area contributed by atoms with Crippen molar-refractivity contribution < 1.29 is 10.2 Å². The molecule has 0 amide bonds. The van der Waals surface area contributed by atoms with E-state index in [4.69, 9.17) is 5.10 Å². The molecule has 0 bridgehead atoms. The van der Waals surface area contributed by atoms with Gasteiger partial charge in [-0.2, -0.15) is 5.10 Å². The fourth-order valence-corrected chi connectivity index (χ4v) is 3.49. The number of phenolic OH excluding ortho intramolecular Hbond substituents is 2. The molecule has 0 saturated carbocycles. The zero-order valence-electron chi connectivity index (χ0n) is 16.2. The molecule has 0 fully saturated rings. The predicted molar refractivity (Wildman–Crippen MR) is 115 cm³/mol. The van der Waals surface area contributed by atoms with Crippen LogP contribution < -0.4 is 4.80 Å². The first-order valence-corrected chi connectivity index (χ1v) is 9.73. The molecule has 1 aromatic heterocycles. The van der Waals surface area contributed by atoms with Gasteiger partial charge in [0, 0.05) is 22.6 Å². The van der Waals surface area contributed by atoms with E-state index in [1.807, 2.05) is 19.2 Å². The summed E-state index contributed by atoms with van der Waals surface area (Å²) >= 11 is 1.51. The van der Waals surface area contributed by atoms with Crippen molar-refractivity contribution in [1.82, 2.24) is 4.68 Å². The van der Waals surface area contributed by atoms with Gasteiger partial charge in [-0.3, -0.25) is 4.99 Å². The maximum absolute atomic E-state index is 10.2. The topological polar surface area (TPSA) is 70.1 Å². The lowest BCUT2D eigenvalue weighted by molar-refractivity contribution is 0.450. The van der Waals surface area contributed by atoms with Crippen LogP contribution in [0.3, 0.4) is 0 Å². The minimum atomic E-state index is -0.0191. The van der Waals surface area contributed by atoms with Crippen molar-refractivity contribution >= 4 is 17.0 Å². The quantitative estimate of drug-likeness (QED) is 0.488. The number of aryl methyl sites for hydroxylation is 1. The smallest absolute Gasteiger partial charge is 0.206 e. The van der Waals surface area contributed by atoms with Gasteiger partial charge in [-0.25, -0.2) is 4.68 Å². The second kappa shape index (κ2) is 8.27. The Balaban J connectivity index is 2.15. The van der Waals surface area contributed by atoms with E-state index in [2.05, 4.69) is 42.8 Å². The maximum Gasteiger partial charge on any atom is 0.206 e. The van der Waals surface area contributed by atoms with Crippen LogP contribution in [0.25, 0.3) is 11.3 Å². The van der Waals surface area contributed by atoms with Crippen LogP contribution in [0.2, 0.25) is 0 Å². The molecular weight excluding hydrogens is 370 g/mol. The van der Waals surface area contributed by atoms with Crippen LogP contribution >= 0.6 is 11.3 Å². The number of benzene rings is 2. The summed E-state index contributed by atoms with van der Waals surface area (Å²) in [6, 6.07) is 12.7. The number of rotatable bonds is 5. The average Bonchev–Trinajstić information content (AvgIpc) is 3.03. The van der Waals surface area contributed by atoms with Crippen LogP contribution in [-0.4, -0.2) is 27.1 Å². The molecule has 0 aliphatic heterocycles. The number of aromatic hydroxyl groups is 2. The van der Waals surface area contributed by atoms with Crippen molar-refractivity contribution in [3.63, 3.8) is 0 Å². The van der Waals surface area contributed by atoms with Gasteiger partial charge in [0.05, 0.1) is 18.0 Å². The first-order chi connectivity index (χ1) is 13.3. The summed E-state index contributed by atoms with van der Waals surface area (Å²) in [5.41, 5.74) is 5.27. The molecule has 144 valence electrons. The molecule has 2 N–H and O–H groups in total. The van der Waals surface area contributed by atoms with E-state index >= 15 is 0 Å². The molecule has 3 rings (SSSR count). The molecule has 1 heterocycles. The van der Waals surface area contributed by atoms with Crippen LogP contribution in [0.4, 0.5) is 0 Å². The van der Waals surface area contributed by atoms with E-state index in [1.54, 1.807) is 10.7 Å². The summed E-state index contributed by atoms with van der Waals surface area (Å²) in [6.45, 7) is 10.2. The highest BCUT2D eigenvalue weighted by atomic mass is 32.1. The van der Waals surface area contributed by atoms with Gasteiger partial charge in [0.1, 0.15) is 11.5 Å². The number of aromatic nitrogens is 1. The first-order valence-electron chi connectivity index (χ1n) is 8.85. The summed E-state index contributed by atoms with van der Waals surface area (Å²) in [6.07, 6.45) is 0. The van der Waals surface area contributed by atoms with Crippen molar-refractivity contribution in [3.05, 3.63) is 75.9 Å². The lowest BCUT2D eigenvalue weighted by Crippen LogP contribution is -2.15. The Morgan fingerprint density at radius 3 is 2.46 bits per heavy atom. The Morgan fingerprint density at radius 2 is 1.82 bits per heavy atom. The second-order valence-corrected chi connectivity index (χ2v) is 7.58. The lowest BCUT2D eigenvalue weighted by atomic mass is 10.1. The van der Waals surface area contributed by atoms with Gasteiger partial charge in [0.2, 0.25) is 4.80 Å². The number of hydrogen-bond acceptors (Lipinski definition) is 5. The van der Waals surface area contributed by atoms with Crippen LogP contribution in [0.15, 0.2) is 70.1 Å². The molecule has 28 heavy (non-hydrogen) atoms. The van der Waals surface area contributed by atoms with Crippen molar-refractivity contribution in [2.75, 3.05) is 6.54 Å². The number of thiazole rings is 1. The van der Waals surface area contributed by atoms with Crippen LogP contribution in [0, 0.1) is 6.92 Å². The fourth-order valence-electron chi connectivity index (χ4n) is 2.66. The average molecular weight is 394 g/mol. The highest BCUT2D eigenvalue weighted by Crippen LogP contribution is 2.25. The molecule has 0 aliphatic carbocycles. The highest BCUT2D eigenvalue weighted by Gasteiger charge is 2.11. The lowest BCUT2D eigenvalue weighted by Gasteiger charge is -2.08. The van der Waals surface area contributed by atoms with Crippen molar-refractivity contribution in [2.24, 2.45) is 10.1 Å². The van der Waals surface area contributed by atoms with E-state index < -0.39 is 0 Å². The SMILES string of the molecule is C=C(C)CN=c1scc(-c2ccc(C)cc2)n1N=C(C)c1ccc(O)cc1O. The molecule has 2 aromatic carbocycles. The van der Waals surface area contributed by atoms with Gasteiger partial charge in [0.15, 0.2) is 0 Å². The van der Waals surface area contributed by atoms with E-state index in [1.165, 1.54) is 29.0 Å². The molecule has 3 aromatic rings. The Hall–Kier alpha value is -3.12. The third-order valence-electron chi connectivity index (χ3n) is 4.14. The monoisotopic (exact) mass is 393 g/mol. The molecule has 0 unspecified atom stereocenters. The standard InChI is InChI=1S/C22H23N3O2S/c1-14(2)12-23-22-25(20(13-28-22)17-7-5-15(3)6-8-17)24-16(4)19-10-9-18(26)11-21(19)27/h5-11,13,26-27H,1,12H2,2-4H3. The van der Waals surface area contributed by atoms with Gasteiger partial charge >= 0.3 is 0 Å². The minimum Gasteiger partial charge on any atom is -0.508 e. The van der Waals surface area contributed by atoms with Crippen molar-refractivity contribution in [1.29, 1.82) is 0 Å². The Labute approximate surface area is 168 Å². The summed E-state index contributed by atoms with van der Waals surface area (Å²) in [7, 11) is 0. The number of nitrogens with zero attached hydrogens (tertiary/aromatic N) is 3. The Kier molecular flexibility index (Phi) is 5.80. The fraction of sp³-hybridized carbons (Fsp3) is 0.182. The van der Waals surface area contributed by atoms with Crippen molar-refractivity contribution in [2.45, 2.75) is 20.8 Å². The summed E-state index contributed by atoms with van der Waals surface area (Å²) in [4.78, 5) is 5.37. The first kappa shape index (κ1) is 19.6. The molecule has 0 spiro atoms. The zero-order valence-corrected chi connectivity index (χ0v) is 17.0. The third kappa shape index (κ3) is 4.40. The van der Waals surface area contributed by atoms with Crippen LogP contribution in [0.5, 0.6) is 11.5 Å². The number of phenols is 2. The van der Waals surface area contributed by atoms with Crippen LogP contribution in [-0.2, 0) is 0 Å². The molecule has 6 heteroatoms. The highest BCUT2D eigenvalue weighted by molar-refractivity contribution is 7.07. The van der Waals surface area contributed by atoms with Gasteiger partial charge < -0.3 is 10.2 Å². The largest absolute Gasteiger partial charge is 0.508 e. The molecule has 0 atom stereocenters. The van der Waals surface area contributed by atoms with E-state index in [9.17, 15) is 10.2 Å². The third-order valence-corrected chi connectivity index (χ3v) is 4.99. The maximum atomic E-state index is 10.2. The predicted octanol–water partition coefficient (Wildman–Crippen LogP) is 4.69. The molecule has 5 nitrogen and oxygen atoms in total. The van der Waals surface area contributed by atoms with Crippen LogP contribution in [0.1, 0.15) is 25.0 Å². The molecule has 0 saturated heterocycles. The Morgan fingerprint density at radius 1 is 1.11 bits per heavy atom. The van der Waals surface area contributed by atoms with Gasteiger partial charge in [0.25, 0.3) is 0 Å². The van der Waals surface area contributed by atoms with E-state index in [-0.39, 0.29) is 11.5 Å². The summed E-state index contributed by atoms with van der Waals surface area (Å²) < 4.78 is 1.79. The second-order valence-electron chi connectivity index (χ2n) is 6.74.